The van der Waals surface area contributed by atoms with Crippen molar-refractivity contribution in [3.63, 3.8) is 0 Å². The number of nitrogens with zero attached hydrogens (tertiary/aromatic N) is 1. The number of hydrogen-bond acceptors (Lipinski definition) is 5. The highest BCUT2D eigenvalue weighted by Crippen LogP contribution is 2.32. The highest BCUT2D eigenvalue weighted by molar-refractivity contribution is 9.10. The number of carbonyl (C=O) groups is 1. The fourth-order valence-electron chi connectivity index (χ4n) is 2.11. The molecule has 2 N–H and O–H groups in total. The molecule has 0 saturated heterocycles. The summed E-state index contributed by atoms with van der Waals surface area (Å²) in [5, 5.41) is 18.0. The molecule has 0 bridgehead atoms. The number of aliphatic hydroxyl groups excluding tert-OH is 1. The highest BCUT2D eigenvalue weighted by atomic mass is 79.9. The molecule has 1 aliphatic carbocycles. The van der Waals surface area contributed by atoms with E-state index in [0.717, 1.165) is 10.4 Å². The van der Waals surface area contributed by atoms with E-state index in [4.69, 9.17) is 9.52 Å². The standard InChI is InChI=1S/C11H14BrNO6S/c1-13(5-6-2-7(14)3-6)20(17,18)9-4-8(11(15)16)19-10(9)12/h4,6-7,14H,2-3,5H2,1H3,(H,15,16). The number of hydrogen-bond donors (Lipinski definition) is 2. The van der Waals surface area contributed by atoms with Crippen molar-refractivity contribution in [2.24, 2.45) is 5.92 Å². The van der Waals surface area contributed by atoms with Gasteiger partial charge in [-0.2, -0.15) is 0 Å². The molecule has 0 radical (unpaired) electrons. The van der Waals surface area contributed by atoms with E-state index in [1.165, 1.54) is 7.05 Å². The lowest BCUT2D eigenvalue weighted by Gasteiger charge is -2.33. The summed E-state index contributed by atoms with van der Waals surface area (Å²) in [6.07, 6.45) is 0.801. The van der Waals surface area contributed by atoms with Gasteiger partial charge >= 0.3 is 5.97 Å². The third-order valence-electron chi connectivity index (χ3n) is 3.28. The van der Waals surface area contributed by atoms with Crippen molar-refractivity contribution in [1.82, 2.24) is 4.31 Å². The minimum atomic E-state index is -3.82. The van der Waals surface area contributed by atoms with Gasteiger partial charge < -0.3 is 14.6 Å². The van der Waals surface area contributed by atoms with Gasteiger partial charge in [0.05, 0.1) is 6.10 Å². The number of aromatic carboxylic acids is 1. The Balaban J connectivity index is 2.19. The average molecular weight is 368 g/mol. The summed E-state index contributed by atoms with van der Waals surface area (Å²) in [5.74, 6) is -1.66. The largest absolute Gasteiger partial charge is 0.475 e. The van der Waals surface area contributed by atoms with Crippen LogP contribution in [-0.4, -0.2) is 48.6 Å². The van der Waals surface area contributed by atoms with E-state index in [1.807, 2.05) is 0 Å². The summed E-state index contributed by atoms with van der Waals surface area (Å²) in [4.78, 5) is 10.6. The smallest absolute Gasteiger partial charge is 0.371 e. The number of halogens is 1. The first-order chi connectivity index (χ1) is 9.21. The first kappa shape index (κ1) is 15.5. The van der Waals surface area contributed by atoms with Crippen LogP contribution in [0.3, 0.4) is 0 Å². The summed E-state index contributed by atoms with van der Waals surface area (Å²) < 4.78 is 30.5. The van der Waals surface area contributed by atoms with Crippen molar-refractivity contribution >= 4 is 31.9 Å². The summed E-state index contributed by atoms with van der Waals surface area (Å²) in [6, 6.07) is 0.980. The monoisotopic (exact) mass is 367 g/mol. The minimum Gasteiger partial charge on any atom is -0.475 e. The van der Waals surface area contributed by atoms with Gasteiger partial charge in [-0.05, 0) is 34.7 Å². The maximum Gasteiger partial charge on any atom is 0.371 e. The third-order valence-corrected chi connectivity index (χ3v) is 5.96. The molecule has 0 atom stereocenters. The molecule has 1 fully saturated rings. The third kappa shape index (κ3) is 2.90. The normalized spacial score (nSPS) is 22.8. The maximum absolute atomic E-state index is 12.3. The fraction of sp³-hybridized carbons (Fsp3) is 0.545. The van der Waals surface area contributed by atoms with Gasteiger partial charge in [0.25, 0.3) is 0 Å². The van der Waals surface area contributed by atoms with Crippen molar-refractivity contribution in [2.75, 3.05) is 13.6 Å². The van der Waals surface area contributed by atoms with Crippen LogP contribution in [0, 0.1) is 5.92 Å². The fourth-order valence-corrected chi connectivity index (χ4v) is 4.26. The Kier molecular flexibility index (Phi) is 4.24. The molecule has 112 valence electrons. The molecular formula is C11H14BrNO6S. The van der Waals surface area contributed by atoms with Gasteiger partial charge in [-0.15, -0.1) is 0 Å². The van der Waals surface area contributed by atoms with Gasteiger partial charge in [0, 0.05) is 19.7 Å². The van der Waals surface area contributed by atoms with E-state index in [1.54, 1.807) is 0 Å². The number of furan rings is 1. The summed E-state index contributed by atoms with van der Waals surface area (Å²) in [7, 11) is -2.41. The SMILES string of the molecule is CN(CC1CC(O)C1)S(=O)(=O)c1cc(C(=O)O)oc1Br. The first-order valence-corrected chi connectivity index (χ1v) is 8.12. The average Bonchev–Trinajstić information content (AvgIpc) is 2.70. The van der Waals surface area contributed by atoms with Crippen LogP contribution in [0.4, 0.5) is 0 Å². The number of carboxylic acids is 1. The quantitative estimate of drug-likeness (QED) is 0.807. The van der Waals surface area contributed by atoms with Crippen LogP contribution in [-0.2, 0) is 10.0 Å². The Morgan fingerprint density at radius 1 is 1.55 bits per heavy atom. The Labute approximate surface area is 124 Å². The van der Waals surface area contributed by atoms with Crippen LogP contribution in [0.2, 0.25) is 0 Å². The molecule has 1 aromatic heterocycles. The topological polar surface area (TPSA) is 108 Å². The minimum absolute atomic E-state index is 0.120. The van der Waals surface area contributed by atoms with Crippen LogP contribution in [0.1, 0.15) is 23.4 Å². The van der Waals surface area contributed by atoms with Crippen molar-refractivity contribution in [3.05, 3.63) is 16.5 Å². The molecule has 2 rings (SSSR count). The number of carboxylic acid groups (broad SMARTS) is 1. The Morgan fingerprint density at radius 3 is 2.60 bits per heavy atom. The highest BCUT2D eigenvalue weighted by Gasteiger charge is 2.34. The van der Waals surface area contributed by atoms with Gasteiger partial charge in [0.15, 0.2) is 4.67 Å². The Morgan fingerprint density at radius 2 is 2.15 bits per heavy atom. The van der Waals surface area contributed by atoms with Crippen LogP contribution in [0.5, 0.6) is 0 Å². The second-order valence-corrected chi connectivity index (χ2v) is 7.56. The van der Waals surface area contributed by atoms with Crippen LogP contribution in [0.15, 0.2) is 20.0 Å². The maximum atomic E-state index is 12.3. The van der Waals surface area contributed by atoms with Gasteiger partial charge in [-0.25, -0.2) is 17.5 Å². The number of aliphatic hydroxyl groups is 1. The summed E-state index contributed by atoms with van der Waals surface area (Å²) in [6.45, 7) is 0.277. The second kappa shape index (κ2) is 5.47. The van der Waals surface area contributed by atoms with Crippen LogP contribution in [0.25, 0.3) is 0 Å². The molecule has 0 unspecified atom stereocenters. The van der Waals surface area contributed by atoms with Crippen molar-refractivity contribution in [2.45, 2.75) is 23.8 Å². The van der Waals surface area contributed by atoms with Crippen LogP contribution < -0.4 is 0 Å². The molecule has 0 amide bonds. The van der Waals surface area contributed by atoms with E-state index >= 15 is 0 Å². The molecular weight excluding hydrogens is 354 g/mol. The Hall–Kier alpha value is -0.900. The first-order valence-electron chi connectivity index (χ1n) is 5.89. The predicted octanol–water partition coefficient (Wildman–Crippen LogP) is 1.13. The molecule has 1 saturated carbocycles. The van der Waals surface area contributed by atoms with Crippen molar-refractivity contribution in [1.29, 1.82) is 0 Å². The number of sulfonamides is 1. The van der Waals surface area contributed by atoms with E-state index in [9.17, 15) is 18.3 Å². The van der Waals surface area contributed by atoms with Gasteiger partial charge in [0.2, 0.25) is 15.8 Å². The zero-order valence-electron chi connectivity index (χ0n) is 10.6. The molecule has 7 nitrogen and oxygen atoms in total. The predicted molar refractivity (Wildman–Crippen MR) is 71.9 cm³/mol. The number of rotatable bonds is 5. The molecule has 9 heteroatoms. The molecule has 1 aromatic rings. The van der Waals surface area contributed by atoms with Crippen molar-refractivity contribution < 1.29 is 27.8 Å². The lowest BCUT2D eigenvalue weighted by Crippen LogP contribution is -2.39. The lowest BCUT2D eigenvalue weighted by atomic mass is 9.82. The molecule has 0 aromatic carbocycles. The molecule has 1 aliphatic rings. The lowest BCUT2D eigenvalue weighted by molar-refractivity contribution is 0.0367. The molecule has 0 spiro atoms. The van der Waals surface area contributed by atoms with E-state index in [0.29, 0.717) is 12.8 Å². The van der Waals surface area contributed by atoms with Gasteiger partial charge in [0.1, 0.15) is 4.90 Å². The van der Waals surface area contributed by atoms with Gasteiger partial charge in [-0.3, -0.25) is 0 Å². The Bertz CT molecular complexity index is 619. The second-order valence-electron chi connectivity index (χ2n) is 4.83. The van der Waals surface area contributed by atoms with Gasteiger partial charge in [-0.1, -0.05) is 0 Å². The van der Waals surface area contributed by atoms with Crippen LogP contribution >= 0.6 is 15.9 Å². The van der Waals surface area contributed by atoms with Crippen molar-refractivity contribution in [3.8, 4) is 0 Å². The molecule has 1 heterocycles. The zero-order chi connectivity index (χ0) is 15.1. The summed E-state index contributed by atoms with van der Waals surface area (Å²) in [5.41, 5.74) is 0. The van der Waals surface area contributed by atoms with E-state index < -0.39 is 21.8 Å². The molecule has 20 heavy (non-hydrogen) atoms. The zero-order valence-corrected chi connectivity index (χ0v) is 13.0. The summed E-state index contributed by atoms with van der Waals surface area (Å²) >= 11 is 2.92. The van der Waals surface area contributed by atoms with E-state index in [-0.39, 0.29) is 28.1 Å². The molecule has 0 aliphatic heterocycles. The van der Waals surface area contributed by atoms with E-state index in [2.05, 4.69) is 15.9 Å².